The molecule has 4 rings (SSSR count). The molecule has 1 aromatic rings. The number of aromatic nitrogens is 1. The molecule has 2 saturated carbocycles. The number of rotatable bonds is 5. The summed E-state index contributed by atoms with van der Waals surface area (Å²) < 4.78 is 0. The number of carbonyl (C=O) groups is 2. The number of hydrogen-bond donors (Lipinski definition) is 2. The molecule has 130 valence electrons. The van der Waals surface area contributed by atoms with Crippen LogP contribution in [0.2, 0.25) is 0 Å². The van der Waals surface area contributed by atoms with E-state index in [-0.39, 0.29) is 24.0 Å². The van der Waals surface area contributed by atoms with Crippen molar-refractivity contribution in [3.8, 4) is 0 Å². The molecule has 1 saturated heterocycles. The fraction of sp³-hybridized carbons (Fsp3) is 0.706. The highest BCUT2D eigenvalue weighted by Gasteiger charge is 2.40. The largest absolute Gasteiger partial charge is 0.352 e. The highest BCUT2D eigenvalue weighted by molar-refractivity contribution is 7.11. The van der Waals surface area contributed by atoms with Gasteiger partial charge in [0.25, 0.3) is 0 Å². The molecule has 0 aromatic carbocycles. The van der Waals surface area contributed by atoms with Crippen molar-refractivity contribution in [3.05, 3.63) is 16.1 Å². The number of carbonyl (C=O) groups excluding carboxylic acids is 2. The van der Waals surface area contributed by atoms with Crippen molar-refractivity contribution in [3.63, 3.8) is 0 Å². The smallest absolute Gasteiger partial charge is 0.318 e. The number of thiazole rings is 1. The van der Waals surface area contributed by atoms with Crippen molar-refractivity contribution in [1.82, 2.24) is 20.5 Å². The van der Waals surface area contributed by atoms with Crippen LogP contribution >= 0.6 is 11.3 Å². The number of nitrogens with zero attached hydrogens (tertiary/aromatic N) is 2. The number of likely N-dealkylation sites (tertiary alicyclic amines) is 1. The first-order chi connectivity index (χ1) is 11.6. The Morgan fingerprint density at radius 3 is 2.71 bits per heavy atom. The Kier molecular flexibility index (Phi) is 4.20. The van der Waals surface area contributed by atoms with Gasteiger partial charge >= 0.3 is 6.03 Å². The topological polar surface area (TPSA) is 74.3 Å². The highest BCUT2D eigenvalue weighted by atomic mass is 32.1. The van der Waals surface area contributed by atoms with Gasteiger partial charge in [-0.05, 0) is 51.4 Å². The van der Waals surface area contributed by atoms with E-state index in [0.717, 1.165) is 48.4 Å². The van der Waals surface area contributed by atoms with Crippen LogP contribution in [-0.2, 0) is 4.79 Å². The van der Waals surface area contributed by atoms with Gasteiger partial charge in [-0.1, -0.05) is 0 Å². The molecule has 0 radical (unpaired) electrons. The molecule has 1 aliphatic heterocycles. The second kappa shape index (κ2) is 6.35. The standard InChI is InChI=1S/C17H24N4O2S/c1-10-9-18-16(24-10)14(11-4-5-11)20-17(23)21-8-2-3-13(21)15(22)19-12-6-7-12/h9,11-14H,2-8H2,1H3,(H,19,22)(H,20,23)/t13-,14+/m1/s1. The molecule has 0 bridgehead atoms. The molecule has 0 spiro atoms. The summed E-state index contributed by atoms with van der Waals surface area (Å²) in [5, 5.41) is 7.18. The summed E-state index contributed by atoms with van der Waals surface area (Å²) in [4.78, 5) is 32.5. The van der Waals surface area contributed by atoms with E-state index in [2.05, 4.69) is 15.6 Å². The molecule has 7 heteroatoms. The van der Waals surface area contributed by atoms with E-state index in [4.69, 9.17) is 0 Å². The molecule has 2 atom stereocenters. The number of hydrogen-bond acceptors (Lipinski definition) is 4. The predicted octanol–water partition coefficient (Wildman–Crippen LogP) is 2.36. The van der Waals surface area contributed by atoms with Crippen molar-refractivity contribution >= 4 is 23.3 Å². The molecular formula is C17H24N4O2S. The van der Waals surface area contributed by atoms with Gasteiger partial charge in [0.15, 0.2) is 0 Å². The Morgan fingerprint density at radius 1 is 1.29 bits per heavy atom. The van der Waals surface area contributed by atoms with Crippen LogP contribution in [0.4, 0.5) is 4.79 Å². The van der Waals surface area contributed by atoms with E-state index < -0.39 is 0 Å². The van der Waals surface area contributed by atoms with E-state index >= 15 is 0 Å². The van der Waals surface area contributed by atoms with Crippen LogP contribution in [0.1, 0.15) is 54.5 Å². The van der Waals surface area contributed by atoms with Crippen molar-refractivity contribution < 1.29 is 9.59 Å². The van der Waals surface area contributed by atoms with Gasteiger partial charge in [-0.2, -0.15) is 0 Å². The summed E-state index contributed by atoms with van der Waals surface area (Å²) in [5.74, 6) is 0.499. The van der Waals surface area contributed by atoms with Crippen LogP contribution in [0.15, 0.2) is 6.20 Å². The molecule has 2 aliphatic carbocycles. The molecule has 6 nitrogen and oxygen atoms in total. The molecule has 1 aromatic heterocycles. The fourth-order valence-corrected chi connectivity index (χ4v) is 4.27. The van der Waals surface area contributed by atoms with Crippen LogP contribution in [-0.4, -0.2) is 40.5 Å². The molecule has 2 heterocycles. The van der Waals surface area contributed by atoms with E-state index in [1.54, 1.807) is 16.2 Å². The first-order valence-electron chi connectivity index (χ1n) is 8.91. The summed E-state index contributed by atoms with van der Waals surface area (Å²) in [5.41, 5.74) is 0. The van der Waals surface area contributed by atoms with Crippen molar-refractivity contribution in [2.45, 2.75) is 63.6 Å². The lowest BCUT2D eigenvalue weighted by Gasteiger charge is -2.26. The molecular weight excluding hydrogens is 324 g/mol. The molecule has 2 N–H and O–H groups in total. The third-order valence-corrected chi connectivity index (χ3v) is 6.01. The fourth-order valence-electron chi connectivity index (χ4n) is 3.35. The second-order valence-electron chi connectivity index (χ2n) is 7.21. The summed E-state index contributed by atoms with van der Waals surface area (Å²) in [6, 6.07) is -0.110. The minimum Gasteiger partial charge on any atom is -0.352 e. The maximum atomic E-state index is 12.8. The molecule has 24 heavy (non-hydrogen) atoms. The number of urea groups is 1. The lowest BCUT2D eigenvalue weighted by atomic mass is 10.2. The number of aryl methyl sites for hydroxylation is 1. The van der Waals surface area contributed by atoms with Crippen molar-refractivity contribution in [2.24, 2.45) is 5.92 Å². The van der Waals surface area contributed by atoms with Gasteiger partial charge in [0.1, 0.15) is 11.0 Å². The normalized spacial score (nSPS) is 24.7. The highest BCUT2D eigenvalue weighted by Crippen LogP contribution is 2.42. The Bertz CT molecular complexity index is 638. The van der Waals surface area contributed by atoms with Gasteiger partial charge in [-0.25, -0.2) is 9.78 Å². The van der Waals surface area contributed by atoms with Gasteiger partial charge < -0.3 is 15.5 Å². The van der Waals surface area contributed by atoms with Gasteiger partial charge in [0, 0.05) is 23.7 Å². The lowest BCUT2D eigenvalue weighted by Crippen LogP contribution is -2.50. The zero-order chi connectivity index (χ0) is 16.7. The van der Waals surface area contributed by atoms with E-state index in [0.29, 0.717) is 18.5 Å². The quantitative estimate of drug-likeness (QED) is 0.858. The van der Waals surface area contributed by atoms with E-state index in [9.17, 15) is 9.59 Å². The maximum Gasteiger partial charge on any atom is 0.318 e. The van der Waals surface area contributed by atoms with Crippen molar-refractivity contribution in [2.75, 3.05) is 6.54 Å². The van der Waals surface area contributed by atoms with Gasteiger partial charge in [-0.15, -0.1) is 11.3 Å². The number of nitrogens with one attached hydrogen (secondary N) is 2. The molecule has 0 unspecified atom stereocenters. The average molecular weight is 348 g/mol. The van der Waals surface area contributed by atoms with Crippen LogP contribution < -0.4 is 10.6 Å². The molecule has 3 amide bonds. The Labute approximate surface area is 146 Å². The van der Waals surface area contributed by atoms with Crippen molar-refractivity contribution in [1.29, 1.82) is 0 Å². The zero-order valence-electron chi connectivity index (χ0n) is 14.0. The zero-order valence-corrected chi connectivity index (χ0v) is 14.8. The average Bonchev–Trinajstić information content (AvgIpc) is 3.46. The summed E-state index contributed by atoms with van der Waals surface area (Å²) >= 11 is 1.65. The van der Waals surface area contributed by atoms with Gasteiger partial charge in [-0.3, -0.25) is 4.79 Å². The van der Waals surface area contributed by atoms with E-state index in [1.807, 2.05) is 13.1 Å². The summed E-state index contributed by atoms with van der Waals surface area (Å²) in [7, 11) is 0. The summed E-state index contributed by atoms with van der Waals surface area (Å²) in [6.45, 7) is 2.69. The third kappa shape index (κ3) is 3.41. The Morgan fingerprint density at radius 2 is 2.08 bits per heavy atom. The van der Waals surface area contributed by atoms with E-state index in [1.165, 1.54) is 0 Å². The third-order valence-electron chi connectivity index (χ3n) is 5.02. The van der Waals surface area contributed by atoms with Gasteiger partial charge in [0.05, 0.1) is 6.04 Å². The minimum absolute atomic E-state index is 0.0102. The number of amides is 3. The van der Waals surface area contributed by atoms with Crippen LogP contribution in [0, 0.1) is 12.8 Å². The van der Waals surface area contributed by atoms with Crippen LogP contribution in [0.25, 0.3) is 0 Å². The van der Waals surface area contributed by atoms with Gasteiger partial charge in [0.2, 0.25) is 5.91 Å². The molecule has 3 aliphatic rings. The monoisotopic (exact) mass is 348 g/mol. The first kappa shape index (κ1) is 15.9. The van der Waals surface area contributed by atoms with Crippen LogP contribution in [0.3, 0.4) is 0 Å². The predicted molar refractivity (Wildman–Crippen MR) is 91.7 cm³/mol. The lowest BCUT2D eigenvalue weighted by molar-refractivity contribution is -0.124. The second-order valence-corrected chi connectivity index (χ2v) is 8.47. The Balaban J connectivity index is 1.42. The first-order valence-corrected chi connectivity index (χ1v) is 9.73. The summed E-state index contributed by atoms with van der Waals surface area (Å²) in [6.07, 6.45) is 7.92. The van der Waals surface area contributed by atoms with Crippen LogP contribution in [0.5, 0.6) is 0 Å². The minimum atomic E-state index is -0.316. The Hall–Kier alpha value is -1.63. The maximum absolute atomic E-state index is 12.8. The SMILES string of the molecule is Cc1cnc([C@@H](NC(=O)N2CCC[C@@H]2C(=O)NC2CC2)C2CC2)s1. The molecule has 3 fully saturated rings.